The number of carbonyl (C=O) groups is 1. The molecule has 1 aliphatic heterocycles. The second-order valence-electron chi connectivity index (χ2n) is 6.01. The maximum Gasteiger partial charge on any atom is 0.266 e. The summed E-state index contributed by atoms with van der Waals surface area (Å²) in [6, 6.07) is 0. The first-order valence-electron chi connectivity index (χ1n) is 8.30. The van der Waals surface area contributed by atoms with Crippen molar-refractivity contribution < 1.29 is 14.1 Å². The maximum absolute atomic E-state index is 12.6. The number of aromatic nitrogens is 4. The minimum absolute atomic E-state index is 0.0965. The lowest BCUT2D eigenvalue weighted by molar-refractivity contribution is -0.121. The molecule has 9 nitrogen and oxygen atoms in total. The quantitative estimate of drug-likeness (QED) is 0.814. The highest BCUT2D eigenvalue weighted by Gasteiger charge is 2.18. The van der Waals surface area contributed by atoms with Crippen molar-refractivity contribution in [3.8, 4) is 11.5 Å². The fraction of sp³-hybridized carbons (Fsp3) is 0.562. The van der Waals surface area contributed by atoms with Gasteiger partial charge >= 0.3 is 0 Å². The molecule has 1 atom stereocenters. The normalized spacial score (nSPS) is 17.0. The molecule has 0 radical (unpaired) electrons. The lowest BCUT2D eigenvalue weighted by Gasteiger charge is -2.12. The smallest absolute Gasteiger partial charge is 0.266 e. The summed E-state index contributed by atoms with van der Waals surface area (Å²) in [5.74, 6) is 0.972. The van der Waals surface area contributed by atoms with Crippen molar-refractivity contribution in [2.45, 2.75) is 45.8 Å². The molecule has 2 aromatic heterocycles. The van der Waals surface area contributed by atoms with Gasteiger partial charge in [0.25, 0.3) is 11.4 Å². The molecule has 3 rings (SSSR count). The Labute approximate surface area is 144 Å². The molecule has 9 heteroatoms. The molecule has 0 aromatic carbocycles. The van der Waals surface area contributed by atoms with Crippen LogP contribution in [0.3, 0.4) is 0 Å². The van der Waals surface area contributed by atoms with E-state index in [-0.39, 0.29) is 42.0 Å². The summed E-state index contributed by atoms with van der Waals surface area (Å²) in [7, 11) is 0. The molecule has 3 heterocycles. The van der Waals surface area contributed by atoms with Crippen LogP contribution in [0.25, 0.3) is 11.5 Å². The number of rotatable bonds is 6. The van der Waals surface area contributed by atoms with Crippen LogP contribution < -0.4 is 10.9 Å². The number of carbonyl (C=O) groups excluding carboxylic acids is 1. The largest absolute Gasteiger partial charge is 0.376 e. The highest BCUT2D eigenvalue weighted by Crippen LogP contribution is 2.12. The second-order valence-corrected chi connectivity index (χ2v) is 6.01. The van der Waals surface area contributed by atoms with Gasteiger partial charge in [-0.05, 0) is 26.7 Å². The van der Waals surface area contributed by atoms with Crippen molar-refractivity contribution in [3.63, 3.8) is 0 Å². The van der Waals surface area contributed by atoms with Gasteiger partial charge in [-0.3, -0.25) is 14.2 Å². The van der Waals surface area contributed by atoms with E-state index in [0.717, 1.165) is 19.4 Å². The third-order valence-corrected chi connectivity index (χ3v) is 4.12. The van der Waals surface area contributed by atoms with Crippen molar-refractivity contribution in [3.05, 3.63) is 28.2 Å². The fourth-order valence-electron chi connectivity index (χ4n) is 2.73. The van der Waals surface area contributed by atoms with Crippen LogP contribution in [0.5, 0.6) is 0 Å². The van der Waals surface area contributed by atoms with E-state index >= 15 is 0 Å². The predicted molar refractivity (Wildman–Crippen MR) is 87.9 cm³/mol. The number of hydrogen-bond donors (Lipinski definition) is 1. The first-order chi connectivity index (χ1) is 12.0. The third-order valence-electron chi connectivity index (χ3n) is 4.12. The van der Waals surface area contributed by atoms with E-state index < -0.39 is 0 Å². The van der Waals surface area contributed by atoms with Gasteiger partial charge in [0.15, 0.2) is 5.82 Å². The molecule has 1 saturated heterocycles. The number of ether oxygens (including phenoxy) is 1. The van der Waals surface area contributed by atoms with E-state index in [1.165, 1.54) is 10.8 Å². The Hall–Kier alpha value is -2.55. The highest BCUT2D eigenvalue weighted by atomic mass is 16.5. The zero-order chi connectivity index (χ0) is 17.8. The van der Waals surface area contributed by atoms with Crippen LogP contribution in [0.2, 0.25) is 0 Å². The average Bonchev–Trinajstić information content (AvgIpc) is 3.24. The highest BCUT2D eigenvalue weighted by molar-refractivity contribution is 5.75. The first-order valence-corrected chi connectivity index (χ1v) is 8.30. The van der Waals surface area contributed by atoms with Crippen molar-refractivity contribution in [1.82, 2.24) is 25.0 Å². The van der Waals surface area contributed by atoms with E-state index in [9.17, 15) is 9.59 Å². The number of nitrogens with zero attached hydrogens (tertiary/aromatic N) is 4. The summed E-state index contributed by atoms with van der Waals surface area (Å²) < 4.78 is 12.0. The summed E-state index contributed by atoms with van der Waals surface area (Å²) in [6.45, 7) is 4.88. The second kappa shape index (κ2) is 7.56. The topological polar surface area (TPSA) is 112 Å². The lowest BCUT2D eigenvalue weighted by atomic mass is 10.2. The molecule has 1 fully saturated rings. The maximum atomic E-state index is 12.6. The molecular formula is C16H21N5O4. The molecule has 2 aromatic rings. The summed E-state index contributed by atoms with van der Waals surface area (Å²) in [5, 5.41) is 6.53. The Morgan fingerprint density at radius 3 is 2.96 bits per heavy atom. The molecule has 0 saturated carbocycles. The van der Waals surface area contributed by atoms with Crippen LogP contribution in [0, 0.1) is 13.8 Å². The van der Waals surface area contributed by atoms with Gasteiger partial charge in [-0.2, -0.15) is 4.98 Å². The Morgan fingerprint density at radius 2 is 2.28 bits per heavy atom. The van der Waals surface area contributed by atoms with E-state index in [4.69, 9.17) is 9.26 Å². The molecule has 0 spiro atoms. The van der Waals surface area contributed by atoms with Gasteiger partial charge in [0.1, 0.15) is 11.4 Å². The lowest BCUT2D eigenvalue weighted by Crippen LogP contribution is -2.33. The number of hydrogen-bond acceptors (Lipinski definition) is 7. The van der Waals surface area contributed by atoms with Gasteiger partial charge in [0.05, 0.1) is 6.10 Å². The van der Waals surface area contributed by atoms with Crippen LogP contribution in [-0.4, -0.2) is 44.9 Å². The summed E-state index contributed by atoms with van der Waals surface area (Å²) in [5.41, 5.74) is -0.0750. The van der Waals surface area contributed by atoms with E-state index in [1.54, 1.807) is 13.8 Å². The van der Waals surface area contributed by atoms with Gasteiger partial charge in [-0.25, -0.2) is 4.98 Å². The standard InChI is InChI=1S/C16H21N5O4/c1-10-19-15(25-20-10)13-9-17-11(2)21(16(13)23)6-5-14(22)18-8-12-4-3-7-24-12/h9,12H,3-8H2,1-2H3,(H,18,22). The molecule has 134 valence electrons. The third kappa shape index (κ3) is 4.11. The van der Waals surface area contributed by atoms with Crippen LogP contribution in [0.15, 0.2) is 15.5 Å². The van der Waals surface area contributed by atoms with Crippen LogP contribution in [-0.2, 0) is 16.1 Å². The number of aryl methyl sites for hydroxylation is 2. The average molecular weight is 347 g/mol. The molecule has 0 bridgehead atoms. The Morgan fingerprint density at radius 1 is 1.44 bits per heavy atom. The van der Waals surface area contributed by atoms with E-state index in [1.807, 2.05) is 0 Å². The number of nitrogens with one attached hydrogen (secondary N) is 1. The van der Waals surface area contributed by atoms with Crippen molar-refractivity contribution >= 4 is 5.91 Å². The summed E-state index contributed by atoms with van der Waals surface area (Å²) >= 11 is 0. The minimum Gasteiger partial charge on any atom is -0.376 e. The molecule has 1 aliphatic rings. The van der Waals surface area contributed by atoms with Crippen LogP contribution >= 0.6 is 0 Å². The molecule has 1 amide bonds. The molecular weight excluding hydrogens is 326 g/mol. The van der Waals surface area contributed by atoms with Gasteiger partial charge in [0.2, 0.25) is 5.91 Å². The van der Waals surface area contributed by atoms with Gasteiger partial charge in [0, 0.05) is 32.3 Å². The zero-order valence-corrected chi connectivity index (χ0v) is 14.3. The Bertz CT molecular complexity index is 807. The molecule has 0 aliphatic carbocycles. The van der Waals surface area contributed by atoms with E-state index in [0.29, 0.717) is 18.2 Å². The Balaban J connectivity index is 1.65. The van der Waals surface area contributed by atoms with Crippen molar-refractivity contribution in [2.24, 2.45) is 0 Å². The van der Waals surface area contributed by atoms with Gasteiger partial charge in [-0.1, -0.05) is 5.16 Å². The van der Waals surface area contributed by atoms with Crippen LogP contribution in [0.1, 0.15) is 30.9 Å². The molecule has 1 unspecified atom stereocenters. The van der Waals surface area contributed by atoms with Crippen molar-refractivity contribution in [1.29, 1.82) is 0 Å². The number of amides is 1. The van der Waals surface area contributed by atoms with Gasteiger partial charge < -0.3 is 14.6 Å². The SMILES string of the molecule is Cc1noc(-c2cnc(C)n(CCC(=O)NCC3CCCO3)c2=O)n1. The monoisotopic (exact) mass is 347 g/mol. The van der Waals surface area contributed by atoms with Crippen LogP contribution in [0.4, 0.5) is 0 Å². The van der Waals surface area contributed by atoms with Gasteiger partial charge in [-0.15, -0.1) is 0 Å². The fourth-order valence-corrected chi connectivity index (χ4v) is 2.73. The zero-order valence-electron chi connectivity index (χ0n) is 14.3. The summed E-state index contributed by atoms with van der Waals surface area (Å²) in [6.07, 6.45) is 3.69. The van der Waals surface area contributed by atoms with Crippen molar-refractivity contribution in [2.75, 3.05) is 13.2 Å². The Kier molecular flexibility index (Phi) is 5.22. The molecule has 25 heavy (non-hydrogen) atoms. The first kappa shape index (κ1) is 17.3. The predicted octanol–water partition coefficient (Wildman–Crippen LogP) is 0.595. The van der Waals surface area contributed by atoms with E-state index in [2.05, 4.69) is 20.4 Å². The summed E-state index contributed by atoms with van der Waals surface area (Å²) in [4.78, 5) is 32.9. The molecule has 1 N–H and O–H groups in total. The minimum atomic E-state index is -0.303.